The monoisotopic (exact) mass is 407 g/mol. The molecule has 0 saturated carbocycles. The molecule has 1 nitrogen and oxygen atoms in total. The first-order valence-corrected chi connectivity index (χ1v) is 9.93. The number of carbonyl (C=O) groups excluding carboxylic acids is 1. The molecule has 0 unspecified atom stereocenters. The van der Waals surface area contributed by atoms with Gasteiger partial charge in [-0.3, -0.25) is 4.79 Å². The summed E-state index contributed by atoms with van der Waals surface area (Å²) in [6.45, 7) is 2.12. The van der Waals surface area contributed by atoms with E-state index in [1.165, 1.54) is 12.7 Å². The fourth-order valence-corrected chi connectivity index (χ4v) is 5.72. The van der Waals surface area contributed by atoms with Crippen molar-refractivity contribution in [3.05, 3.63) is 77.1 Å². The maximum atomic E-state index is 12.7. The van der Waals surface area contributed by atoms with Crippen molar-refractivity contribution in [3.63, 3.8) is 0 Å². The maximum absolute atomic E-state index is 12.7. The Hall–Kier alpha value is -1.20. The van der Waals surface area contributed by atoms with E-state index in [9.17, 15) is 4.79 Å². The first-order valence-electron chi connectivity index (χ1n) is 6.90. The SMILES string of the molecule is CC1=CCC([I+]c2ccccc2)=C(C(=O)c2cccs2)C1. The minimum Gasteiger partial charge on any atom is -0.288 e. The summed E-state index contributed by atoms with van der Waals surface area (Å²) in [6.07, 6.45) is 4.04. The molecule has 1 aromatic carbocycles. The molecule has 0 N–H and O–H groups in total. The highest BCUT2D eigenvalue weighted by atomic mass is 127. The van der Waals surface area contributed by atoms with E-state index in [2.05, 4.69) is 37.3 Å². The number of allylic oxidation sites excluding steroid dienone is 4. The predicted octanol–water partition coefficient (Wildman–Crippen LogP) is 1.88. The van der Waals surface area contributed by atoms with Gasteiger partial charge in [0.05, 0.1) is 10.5 Å². The molecule has 1 aliphatic rings. The van der Waals surface area contributed by atoms with E-state index in [-0.39, 0.29) is 27.0 Å². The van der Waals surface area contributed by atoms with Gasteiger partial charge in [0.1, 0.15) is 0 Å². The summed E-state index contributed by atoms with van der Waals surface area (Å²) in [7, 11) is 0. The summed E-state index contributed by atoms with van der Waals surface area (Å²) in [6, 6.07) is 14.5. The van der Waals surface area contributed by atoms with Crippen LogP contribution in [0.2, 0.25) is 0 Å². The lowest BCUT2D eigenvalue weighted by Crippen LogP contribution is -3.61. The van der Waals surface area contributed by atoms with Crippen molar-refractivity contribution in [2.24, 2.45) is 0 Å². The van der Waals surface area contributed by atoms with Crippen molar-refractivity contribution < 1.29 is 26.0 Å². The van der Waals surface area contributed by atoms with E-state index in [0.29, 0.717) is 0 Å². The number of benzene rings is 1. The van der Waals surface area contributed by atoms with Crippen molar-refractivity contribution in [2.45, 2.75) is 19.8 Å². The third-order valence-corrected chi connectivity index (χ3v) is 7.34. The zero-order chi connectivity index (χ0) is 14.7. The molecule has 0 aliphatic heterocycles. The van der Waals surface area contributed by atoms with Crippen LogP contribution >= 0.6 is 11.3 Å². The van der Waals surface area contributed by atoms with E-state index < -0.39 is 0 Å². The van der Waals surface area contributed by atoms with Crippen LogP contribution in [-0.4, -0.2) is 5.78 Å². The highest BCUT2D eigenvalue weighted by molar-refractivity contribution is 7.12. The number of hydrogen-bond donors (Lipinski definition) is 0. The van der Waals surface area contributed by atoms with Crippen LogP contribution in [0.3, 0.4) is 0 Å². The van der Waals surface area contributed by atoms with Gasteiger partial charge in [-0.25, -0.2) is 0 Å². The summed E-state index contributed by atoms with van der Waals surface area (Å²) in [5.74, 6) is 0.239. The van der Waals surface area contributed by atoms with Gasteiger partial charge < -0.3 is 0 Å². The first kappa shape index (κ1) is 14.7. The maximum Gasteiger partial charge on any atom is 0.353 e. The summed E-state index contributed by atoms with van der Waals surface area (Å²) in [4.78, 5) is 13.6. The van der Waals surface area contributed by atoms with Crippen molar-refractivity contribution in [1.82, 2.24) is 0 Å². The molecule has 106 valence electrons. The molecule has 1 heterocycles. The Kier molecular flexibility index (Phi) is 4.70. The number of hydrogen-bond acceptors (Lipinski definition) is 2. The number of halogens is 1. The van der Waals surface area contributed by atoms with Gasteiger partial charge in [0, 0.05) is 12.8 Å². The number of rotatable bonds is 4. The quantitative estimate of drug-likeness (QED) is 0.430. The van der Waals surface area contributed by atoms with Crippen LogP contribution in [0.4, 0.5) is 0 Å². The van der Waals surface area contributed by atoms with Gasteiger partial charge in [0.25, 0.3) is 0 Å². The zero-order valence-electron chi connectivity index (χ0n) is 11.8. The molecule has 3 rings (SSSR count). The molecule has 1 aliphatic carbocycles. The minimum atomic E-state index is -0.246. The average molecular weight is 407 g/mol. The fourth-order valence-electron chi connectivity index (χ4n) is 2.30. The molecule has 0 radical (unpaired) electrons. The third kappa shape index (κ3) is 3.52. The Balaban J connectivity index is 1.92. The lowest BCUT2D eigenvalue weighted by Gasteiger charge is -2.11. The molecule has 3 heteroatoms. The molecule has 0 spiro atoms. The van der Waals surface area contributed by atoms with E-state index in [0.717, 1.165) is 23.3 Å². The molecular formula is C18H16IOS+. The van der Waals surface area contributed by atoms with E-state index in [4.69, 9.17) is 0 Å². The summed E-state index contributed by atoms with van der Waals surface area (Å²) >= 11 is 1.30. The van der Waals surface area contributed by atoms with Gasteiger partial charge in [-0.1, -0.05) is 35.9 Å². The largest absolute Gasteiger partial charge is 0.353 e. The van der Waals surface area contributed by atoms with E-state index in [1.54, 1.807) is 11.3 Å². The second-order valence-electron chi connectivity index (χ2n) is 5.01. The highest BCUT2D eigenvalue weighted by Gasteiger charge is 2.30. The molecule has 0 amide bonds. The van der Waals surface area contributed by atoms with Crippen molar-refractivity contribution in [3.8, 4) is 0 Å². The van der Waals surface area contributed by atoms with Crippen LogP contribution in [0.1, 0.15) is 29.4 Å². The minimum absolute atomic E-state index is 0.239. The van der Waals surface area contributed by atoms with Crippen LogP contribution < -0.4 is 21.2 Å². The van der Waals surface area contributed by atoms with Gasteiger partial charge in [-0.2, -0.15) is 0 Å². The van der Waals surface area contributed by atoms with Gasteiger partial charge in [0.15, 0.2) is 7.15 Å². The Morgan fingerprint density at radius 1 is 1.14 bits per heavy atom. The summed E-state index contributed by atoms with van der Waals surface area (Å²) in [5, 5.41) is 1.98. The Bertz CT molecular complexity index is 696. The molecule has 0 fully saturated rings. The number of carbonyl (C=O) groups is 1. The standard InChI is InChI=1S/C18H16IOS/c1-13-9-10-16(19-14-6-3-2-4-7-14)15(12-13)18(20)17-8-5-11-21-17/h2-9,11H,10,12H2,1H3/q+1. The first-order chi connectivity index (χ1) is 10.2. The van der Waals surface area contributed by atoms with Crippen molar-refractivity contribution >= 4 is 17.1 Å². The molecular weight excluding hydrogens is 391 g/mol. The summed E-state index contributed by atoms with van der Waals surface area (Å²) in [5.41, 5.74) is 2.37. The predicted molar refractivity (Wildman–Crippen MR) is 83.8 cm³/mol. The van der Waals surface area contributed by atoms with Gasteiger partial charge in [-0.15, -0.1) is 11.3 Å². The lowest BCUT2D eigenvalue weighted by atomic mass is 9.95. The summed E-state index contributed by atoms with van der Waals surface area (Å²) < 4.78 is 2.76. The zero-order valence-corrected chi connectivity index (χ0v) is 14.8. The number of Topliss-reactive ketones (excluding diaryl/α,β-unsaturated/α-hetero) is 1. The average Bonchev–Trinajstić information content (AvgIpc) is 3.04. The van der Waals surface area contributed by atoms with E-state index >= 15 is 0 Å². The molecule has 1 aromatic heterocycles. The van der Waals surface area contributed by atoms with Crippen LogP contribution in [0, 0.1) is 3.57 Å². The Morgan fingerprint density at radius 2 is 1.95 bits per heavy atom. The fraction of sp³-hybridized carbons (Fsp3) is 0.167. The van der Waals surface area contributed by atoms with Gasteiger partial charge >= 0.3 is 21.2 Å². The topological polar surface area (TPSA) is 17.1 Å². The third-order valence-electron chi connectivity index (χ3n) is 3.39. The molecule has 0 saturated heterocycles. The normalized spacial score (nSPS) is 15.0. The molecule has 0 bridgehead atoms. The smallest absolute Gasteiger partial charge is 0.288 e. The highest BCUT2D eigenvalue weighted by Crippen LogP contribution is 2.25. The van der Waals surface area contributed by atoms with Crippen LogP contribution in [0.15, 0.2) is 68.6 Å². The van der Waals surface area contributed by atoms with Crippen LogP contribution in [-0.2, 0) is 0 Å². The second kappa shape index (κ2) is 6.71. The lowest BCUT2D eigenvalue weighted by molar-refractivity contribution is -0.578. The Morgan fingerprint density at radius 3 is 2.67 bits per heavy atom. The molecule has 2 aromatic rings. The number of ketones is 1. The van der Waals surface area contributed by atoms with E-state index in [1.807, 2.05) is 23.6 Å². The van der Waals surface area contributed by atoms with Crippen LogP contribution in [0.5, 0.6) is 0 Å². The van der Waals surface area contributed by atoms with Gasteiger partial charge in [0.2, 0.25) is 5.78 Å². The van der Waals surface area contributed by atoms with Crippen molar-refractivity contribution in [1.29, 1.82) is 0 Å². The Labute approximate surface area is 139 Å². The van der Waals surface area contributed by atoms with Crippen molar-refractivity contribution in [2.75, 3.05) is 0 Å². The molecule has 21 heavy (non-hydrogen) atoms. The van der Waals surface area contributed by atoms with Crippen LogP contribution in [0.25, 0.3) is 0 Å². The molecule has 0 atom stereocenters. The second-order valence-corrected chi connectivity index (χ2v) is 9.05. The van der Waals surface area contributed by atoms with Gasteiger partial charge in [-0.05, 0) is 30.5 Å². The number of thiophene rings is 1.